The number of H-pyrrole nitrogens is 1. The number of non-ortho nitro benzene ring substituents is 1. The summed E-state index contributed by atoms with van der Waals surface area (Å²) in [4.78, 5) is 29.9. The fourth-order valence-corrected chi connectivity index (χ4v) is 3.30. The van der Waals surface area contributed by atoms with Gasteiger partial charge in [0.25, 0.3) is 11.2 Å². The maximum Gasteiger partial charge on any atom is 0.269 e. The number of halogens is 1. The van der Waals surface area contributed by atoms with Crippen LogP contribution in [0.4, 0.5) is 5.69 Å². The van der Waals surface area contributed by atoms with Gasteiger partial charge in [-0.2, -0.15) is 0 Å². The van der Waals surface area contributed by atoms with E-state index in [9.17, 15) is 14.9 Å². The molecule has 1 N–H and O–H groups in total. The van der Waals surface area contributed by atoms with Crippen LogP contribution in [0, 0.1) is 10.1 Å². The Morgan fingerprint density at radius 3 is 2.47 bits per heavy atom. The molecule has 10 heteroatoms. The monoisotopic (exact) mass is 453 g/mol. The molecule has 0 bridgehead atoms. The predicted octanol–water partition coefficient (Wildman–Crippen LogP) is 4.85. The number of aromatic nitrogens is 2. The van der Waals surface area contributed by atoms with E-state index in [1.54, 1.807) is 36.4 Å². The van der Waals surface area contributed by atoms with E-state index in [0.29, 0.717) is 39.5 Å². The van der Waals surface area contributed by atoms with Gasteiger partial charge in [-0.05, 0) is 30.3 Å². The van der Waals surface area contributed by atoms with E-state index in [1.807, 2.05) is 0 Å². The van der Waals surface area contributed by atoms with Gasteiger partial charge in [0.2, 0.25) is 0 Å². The van der Waals surface area contributed by atoms with Crippen molar-refractivity contribution in [2.24, 2.45) is 0 Å². The van der Waals surface area contributed by atoms with Gasteiger partial charge in [0.1, 0.15) is 11.5 Å². The normalized spacial score (nSPS) is 11.5. The van der Waals surface area contributed by atoms with Crippen molar-refractivity contribution in [2.75, 3.05) is 14.2 Å². The average molecular weight is 454 g/mol. The maximum atomic E-state index is 12.5. The quantitative estimate of drug-likeness (QED) is 0.327. The Morgan fingerprint density at radius 2 is 1.81 bits per heavy atom. The number of aromatic amines is 1. The van der Waals surface area contributed by atoms with Gasteiger partial charge in [-0.1, -0.05) is 11.6 Å². The van der Waals surface area contributed by atoms with Crippen LogP contribution in [-0.4, -0.2) is 29.1 Å². The number of nitrogens with zero attached hydrogens (tertiary/aromatic N) is 2. The van der Waals surface area contributed by atoms with Gasteiger partial charge in [0.05, 0.1) is 35.1 Å². The number of fused-ring (bicyclic) bond motifs is 1. The molecular weight excluding hydrogens is 438 g/mol. The van der Waals surface area contributed by atoms with Gasteiger partial charge in [0, 0.05) is 29.8 Å². The van der Waals surface area contributed by atoms with Crippen molar-refractivity contribution in [1.29, 1.82) is 0 Å². The molecule has 0 fully saturated rings. The van der Waals surface area contributed by atoms with Crippen LogP contribution in [0.25, 0.3) is 33.3 Å². The van der Waals surface area contributed by atoms with Crippen LogP contribution >= 0.6 is 11.6 Å². The van der Waals surface area contributed by atoms with Gasteiger partial charge < -0.3 is 18.9 Å². The van der Waals surface area contributed by atoms with E-state index < -0.39 is 4.92 Å². The van der Waals surface area contributed by atoms with Crippen molar-refractivity contribution in [2.45, 2.75) is 0 Å². The second kappa shape index (κ2) is 8.56. The minimum absolute atomic E-state index is 0.0101. The minimum atomic E-state index is -0.469. The Labute approximate surface area is 186 Å². The van der Waals surface area contributed by atoms with E-state index in [0.717, 1.165) is 0 Å². The first-order chi connectivity index (χ1) is 15.4. The summed E-state index contributed by atoms with van der Waals surface area (Å²) in [5.41, 5.74) is 0.663. The SMILES string of the molecule is COc1cc2nc(/C(Cl)=C/c3ccc(-c4ccc([N+](=O)[O-])cc4)o3)[nH]c(=O)c2cc1OC. The molecule has 4 aromatic rings. The number of hydrogen-bond acceptors (Lipinski definition) is 7. The zero-order chi connectivity index (χ0) is 22.8. The molecule has 2 aromatic carbocycles. The fourth-order valence-electron chi connectivity index (χ4n) is 3.11. The number of nitrogens with one attached hydrogen (secondary N) is 1. The number of benzene rings is 2. The van der Waals surface area contributed by atoms with Crippen LogP contribution in [0.3, 0.4) is 0 Å². The van der Waals surface area contributed by atoms with E-state index >= 15 is 0 Å². The molecule has 0 aliphatic carbocycles. The molecule has 0 radical (unpaired) electrons. The first kappa shape index (κ1) is 21.1. The Bertz CT molecular complexity index is 1410. The number of ether oxygens (including phenoxy) is 2. The second-order valence-corrected chi connectivity index (χ2v) is 7.04. The molecule has 0 unspecified atom stereocenters. The number of furan rings is 1. The molecule has 4 rings (SSSR count). The highest BCUT2D eigenvalue weighted by Gasteiger charge is 2.13. The summed E-state index contributed by atoms with van der Waals surface area (Å²) >= 11 is 6.39. The molecule has 9 nitrogen and oxygen atoms in total. The number of methoxy groups -OCH3 is 2. The molecule has 0 spiro atoms. The van der Waals surface area contributed by atoms with Gasteiger partial charge in [-0.25, -0.2) is 4.98 Å². The van der Waals surface area contributed by atoms with Crippen molar-refractivity contribution < 1.29 is 18.8 Å². The Kier molecular flexibility index (Phi) is 5.65. The van der Waals surface area contributed by atoms with Crippen molar-refractivity contribution >= 4 is 39.3 Å². The van der Waals surface area contributed by atoms with Crippen LogP contribution in [0.15, 0.2) is 57.7 Å². The third-order valence-electron chi connectivity index (χ3n) is 4.70. The Morgan fingerprint density at radius 1 is 1.12 bits per heavy atom. The molecule has 0 atom stereocenters. The summed E-state index contributed by atoms with van der Waals surface area (Å²) in [6, 6.07) is 12.5. The lowest BCUT2D eigenvalue weighted by atomic mass is 10.1. The van der Waals surface area contributed by atoms with Gasteiger partial charge in [-0.15, -0.1) is 0 Å². The van der Waals surface area contributed by atoms with Crippen molar-refractivity contribution in [3.63, 3.8) is 0 Å². The number of nitro benzene ring substituents is 1. The highest BCUT2D eigenvalue weighted by molar-refractivity contribution is 6.50. The number of hydrogen-bond donors (Lipinski definition) is 1. The van der Waals surface area contributed by atoms with Crippen molar-refractivity contribution in [1.82, 2.24) is 9.97 Å². The first-order valence-electron chi connectivity index (χ1n) is 9.28. The summed E-state index contributed by atoms with van der Waals surface area (Å²) in [7, 11) is 2.97. The lowest BCUT2D eigenvalue weighted by Crippen LogP contribution is -2.11. The summed E-state index contributed by atoms with van der Waals surface area (Å²) in [6.07, 6.45) is 1.52. The molecule has 2 heterocycles. The van der Waals surface area contributed by atoms with E-state index in [4.69, 9.17) is 25.5 Å². The van der Waals surface area contributed by atoms with Gasteiger partial charge >= 0.3 is 0 Å². The average Bonchev–Trinajstić information content (AvgIpc) is 3.26. The third kappa shape index (κ3) is 4.06. The smallest absolute Gasteiger partial charge is 0.269 e. The maximum absolute atomic E-state index is 12.5. The second-order valence-electron chi connectivity index (χ2n) is 6.64. The number of rotatable bonds is 6. The standard InChI is InChI=1S/C22H16ClN3O6/c1-30-19-10-15-17(11-20(19)31-2)24-21(25-22(15)27)16(23)9-14-7-8-18(32-14)12-3-5-13(6-4-12)26(28)29/h3-11H,1-2H3,(H,24,25,27)/b16-9-. The molecule has 0 saturated heterocycles. The lowest BCUT2D eigenvalue weighted by molar-refractivity contribution is -0.384. The summed E-state index contributed by atoms with van der Waals surface area (Å²) in [5, 5.41) is 11.3. The predicted molar refractivity (Wildman–Crippen MR) is 120 cm³/mol. The van der Waals surface area contributed by atoms with E-state index in [2.05, 4.69) is 9.97 Å². The zero-order valence-electron chi connectivity index (χ0n) is 16.9. The summed E-state index contributed by atoms with van der Waals surface area (Å²) in [5.74, 6) is 1.93. The Balaban J connectivity index is 1.67. The van der Waals surface area contributed by atoms with E-state index in [1.165, 1.54) is 32.4 Å². The fraction of sp³-hybridized carbons (Fsp3) is 0.0909. The van der Waals surface area contributed by atoms with Gasteiger partial charge in [0.15, 0.2) is 17.3 Å². The summed E-state index contributed by atoms with van der Waals surface area (Å²) in [6.45, 7) is 0. The minimum Gasteiger partial charge on any atom is -0.493 e. The highest BCUT2D eigenvalue weighted by atomic mass is 35.5. The van der Waals surface area contributed by atoms with Crippen LogP contribution in [0.2, 0.25) is 0 Å². The molecule has 32 heavy (non-hydrogen) atoms. The summed E-state index contributed by atoms with van der Waals surface area (Å²) < 4.78 is 16.3. The molecule has 0 amide bonds. The number of nitro groups is 1. The van der Waals surface area contributed by atoms with Crippen LogP contribution < -0.4 is 15.0 Å². The molecule has 0 saturated carbocycles. The van der Waals surface area contributed by atoms with E-state index in [-0.39, 0.29) is 22.1 Å². The molecule has 0 aliphatic heterocycles. The molecular formula is C22H16ClN3O6. The molecule has 2 aromatic heterocycles. The van der Waals surface area contributed by atoms with Gasteiger partial charge in [-0.3, -0.25) is 14.9 Å². The van der Waals surface area contributed by atoms with Crippen LogP contribution in [-0.2, 0) is 0 Å². The topological polar surface area (TPSA) is 120 Å². The lowest BCUT2D eigenvalue weighted by Gasteiger charge is -2.09. The van der Waals surface area contributed by atoms with Crippen molar-refractivity contribution in [3.8, 4) is 22.8 Å². The van der Waals surface area contributed by atoms with Crippen molar-refractivity contribution in [3.05, 3.63) is 80.6 Å². The Hall–Kier alpha value is -4.11. The third-order valence-corrected chi connectivity index (χ3v) is 4.98. The van der Waals surface area contributed by atoms with Crippen LogP contribution in [0.5, 0.6) is 11.5 Å². The molecule has 0 aliphatic rings. The largest absolute Gasteiger partial charge is 0.493 e. The first-order valence-corrected chi connectivity index (χ1v) is 9.65. The van der Waals surface area contributed by atoms with Crippen LogP contribution in [0.1, 0.15) is 11.6 Å². The highest BCUT2D eigenvalue weighted by Crippen LogP contribution is 2.31. The molecule has 162 valence electrons. The zero-order valence-corrected chi connectivity index (χ0v) is 17.7.